The second-order valence-corrected chi connectivity index (χ2v) is 7.84. The Labute approximate surface area is 147 Å². The molecule has 4 nitrogen and oxygen atoms in total. The molecule has 3 rings (SSSR count). The largest absolute Gasteiger partial charge is 0.421 e. The summed E-state index contributed by atoms with van der Waals surface area (Å²) in [6.07, 6.45) is -3.52. The van der Waals surface area contributed by atoms with Gasteiger partial charge in [0, 0.05) is 11.6 Å². The average Bonchev–Trinajstić information content (AvgIpc) is 2.60. The van der Waals surface area contributed by atoms with Gasteiger partial charge in [-0.2, -0.15) is 13.2 Å². The maximum absolute atomic E-state index is 12.9. The third-order valence-electron chi connectivity index (χ3n) is 4.18. The molecule has 0 bridgehead atoms. The molecule has 0 saturated carbocycles. The molecule has 136 valence electrons. The smallest absolute Gasteiger partial charge is 0.376 e. The summed E-state index contributed by atoms with van der Waals surface area (Å²) >= 11 is 0. The molecule has 1 unspecified atom stereocenters. The predicted octanol–water partition coefficient (Wildman–Crippen LogP) is 3.84. The lowest BCUT2D eigenvalue weighted by Crippen LogP contribution is -2.39. The number of para-hydroxylation sites is 1. The molecule has 8 heteroatoms. The summed E-state index contributed by atoms with van der Waals surface area (Å²) in [4.78, 5) is 3.94. The van der Waals surface area contributed by atoms with E-state index in [2.05, 4.69) is 4.98 Å². The van der Waals surface area contributed by atoms with Gasteiger partial charge in [-0.3, -0.25) is 4.98 Å². The van der Waals surface area contributed by atoms with Gasteiger partial charge in [-0.15, -0.1) is 0 Å². The van der Waals surface area contributed by atoms with Gasteiger partial charge in [0.05, 0.1) is 15.3 Å². The van der Waals surface area contributed by atoms with Crippen molar-refractivity contribution < 1.29 is 26.7 Å². The third-order valence-corrected chi connectivity index (χ3v) is 6.01. The quantitative estimate of drug-likeness (QED) is 0.749. The topological polar surface area (TPSA) is 67.3 Å². The molecule has 3 aromatic rings. The maximum Gasteiger partial charge on any atom is 0.421 e. The SMILES string of the molecule is CC(O)(c1ccc(S(=O)(=O)c2ccnc3ccccc23)cc1)C(F)(F)F. The van der Waals surface area contributed by atoms with Crippen molar-refractivity contribution in [3.05, 3.63) is 66.4 Å². The van der Waals surface area contributed by atoms with E-state index in [1.165, 1.54) is 12.3 Å². The van der Waals surface area contributed by atoms with Crippen molar-refractivity contribution in [2.75, 3.05) is 0 Å². The van der Waals surface area contributed by atoms with Gasteiger partial charge in [0.25, 0.3) is 0 Å². The van der Waals surface area contributed by atoms with E-state index in [4.69, 9.17) is 0 Å². The van der Waals surface area contributed by atoms with Gasteiger partial charge in [0.1, 0.15) is 0 Å². The number of fused-ring (bicyclic) bond motifs is 1. The summed E-state index contributed by atoms with van der Waals surface area (Å²) in [5.41, 5.74) is -3.02. The van der Waals surface area contributed by atoms with Gasteiger partial charge in [0.2, 0.25) is 9.84 Å². The molecule has 26 heavy (non-hydrogen) atoms. The molecule has 0 spiro atoms. The number of nitrogens with zero attached hydrogens (tertiary/aromatic N) is 1. The molecular weight excluding hydrogens is 367 g/mol. The van der Waals surface area contributed by atoms with Crippen LogP contribution in [0.1, 0.15) is 12.5 Å². The van der Waals surface area contributed by atoms with Crippen molar-refractivity contribution >= 4 is 20.7 Å². The van der Waals surface area contributed by atoms with E-state index in [9.17, 15) is 26.7 Å². The Balaban J connectivity index is 2.09. The number of aromatic nitrogens is 1. The molecule has 1 atom stereocenters. The summed E-state index contributed by atoms with van der Waals surface area (Å²) in [7, 11) is -3.97. The summed E-state index contributed by atoms with van der Waals surface area (Å²) in [5.74, 6) is 0. The van der Waals surface area contributed by atoms with Gasteiger partial charge >= 0.3 is 6.18 Å². The number of benzene rings is 2. The highest BCUT2D eigenvalue weighted by molar-refractivity contribution is 7.91. The lowest BCUT2D eigenvalue weighted by Gasteiger charge is -2.26. The summed E-state index contributed by atoms with van der Waals surface area (Å²) in [6.45, 7) is 0.618. The van der Waals surface area contributed by atoms with Crippen molar-refractivity contribution in [2.24, 2.45) is 0 Å². The second-order valence-electron chi connectivity index (χ2n) is 5.92. The highest BCUT2D eigenvalue weighted by Crippen LogP contribution is 2.39. The van der Waals surface area contributed by atoms with Crippen LogP contribution in [0, 0.1) is 0 Å². The minimum atomic E-state index is -4.88. The van der Waals surface area contributed by atoms with E-state index in [1.54, 1.807) is 24.3 Å². The predicted molar refractivity (Wildman–Crippen MR) is 89.3 cm³/mol. The number of aliphatic hydroxyl groups is 1. The lowest BCUT2D eigenvalue weighted by molar-refractivity contribution is -0.258. The van der Waals surface area contributed by atoms with Gasteiger partial charge < -0.3 is 5.11 Å². The fourth-order valence-electron chi connectivity index (χ4n) is 2.55. The number of hydrogen-bond acceptors (Lipinski definition) is 4. The monoisotopic (exact) mass is 381 g/mol. The molecule has 1 aromatic heterocycles. The first-order valence-electron chi connectivity index (χ1n) is 7.53. The Kier molecular flexibility index (Phi) is 4.28. The lowest BCUT2D eigenvalue weighted by atomic mass is 9.96. The van der Waals surface area contributed by atoms with Crippen LogP contribution >= 0.6 is 0 Å². The van der Waals surface area contributed by atoms with E-state index >= 15 is 0 Å². The van der Waals surface area contributed by atoms with Crippen molar-refractivity contribution in [3.63, 3.8) is 0 Å². The first-order chi connectivity index (χ1) is 12.0. The first kappa shape index (κ1) is 18.3. The number of rotatable bonds is 3. The zero-order chi connectivity index (χ0) is 19.2. The van der Waals surface area contributed by atoms with E-state index in [-0.39, 0.29) is 9.79 Å². The minimum Gasteiger partial charge on any atom is -0.376 e. The Morgan fingerprint density at radius 3 is 2.19 bits per heavy atom. The molecule has 2 aromatic carbocycles. The molecule has 1 N–H and O–H groups in total. The van der Waals surface area contributed by atoms with Crippen molar-refractivity contribution in [2.45, 2.75) is 28.5 Å². The zero-order valence-electron chi connectivity index (χ0n) is 13.5. The molecule has 0 radical (unpaired) electrons. The highest BCUT2D eigenvalue weighted by Gasteiger charge is 2.51. The third kappa shape index (κ3) is 2.95. The fraction of sp³-hybridized carbons (Fsp3) is 0.167. The molecule has 1 heterocycles. The van der Waals surface area contributed by atoms with Crippen molar-refractivity contribution in [3.8, 4) is 0 Å². The van der Waals surface area contributed by atoms with Gasteiger partial charge in [-0.05, 0) is 36.8 Å². The van der Waals surface area contributed by atoms with Crippen LogP contribution in [0.4, 0.5) is 13.2 Å². The van der Waals surface area contributed by atoms with E-state index in [1.807, 2.05) is 0 Å². The van der Waals surface area contributed by atoms with Crippen LogP contribution in [-0.4, -0.2) is 24.7 Å². The Morgan fingerprint density at radius 1 is 0.962 bits per heavy atom. The standard InChI is InChI=1S/C18H14F3NO3S/c1-17(23,18(19,20)21)12-6-8-13(9-7-12)26(24,25)16-10-11-22-15-5-3-2-4-14(15)16/h2-11,23H,1H3. The van der Waals surface area contributed by atoms with Crippen molar-refractivity contribution in [1.29, 1.82) is 0 Å². The number of alkyl halides is 3. The van der Waals surface area contributed by atoms with E-state index < -0.39 is 27.2 Å². The summed E-state index contributed by atoms with van der Waals surface area (Å²) in [5, 5.41) is 10.1. The van der Waals surface area contributed by atoms with Crippen LogP contribution < -0.4 is 0 Å². The Morgan fingerprint density at radius 2 is 1.58 bits per heavy atom. The first-order valence-corrected chi connectivity index (χ1v) is 9.02. The van der Waals surface area contributed by atoms with Gasteiger partial charge in [0.15, 0.2) is 5.60 Å². The number of halogens is 3. The van der Waals surface area contributed by atoms with Crippen LogP contribution in [0.5, 0.6) is 0 Å². The van der Waals surface area contributed by atoms with E-state index in [0.29, 0.717) is 17.8 Å². The van der Waals surface area contributed by atoms with Crippen LogP contribution in [0.25, 0.3) is 10.9 Å². The molecule has 0 aliphatic carbocycles. The van der Waals surface area contributed by atoms with Crippen LogP contribution in [0.15, 0.2) is 70.6 Å². The number of pyridine rings is 1. The second kappa shape index (κ2) is 6.07. The zero-order valence-corrected chi connectivity index (χ0v) is 14.3. The highest BCUT2D eigenvalue weighted by atomic mass is 32.2. The van der Waals surface area contributed by atoms with Crippen LogP contribution in [0.3, 0.4) is 0 Å². The van der Waals surface area contributed by atoms with Crippen LogP contribution in [0.2, 0.25) is 0 Å². The molecule has 0 saturated heterocycles. The normalized spacial score (nSPS) is 15.0. The fourth-order valence-corrected chi connectivity index (χ4v) is 4.00. The molecular formula is C18H14F3NO3S. The number of sulfone groups is 1. The minimum absolute atomic E-state index is 0.0124. The molecule has 0 aliphatic rings. The van der Waals surface area contributed by atoms with Crippen LogP contribution in [-0.2, 0) is 15.4 Å². The molecule has 0 fully saturated rings. The van der Waals surface area contributed by atoms with Gasteiger partial charge in [-0.1, -0.05) is 30.3 Å². The Bertz CT molecular complexity index is 1050. The summed E-state index contributed by atoms with van der Waals surface area (Å²) < 4.78 is 64.5. The summed E-state index contributed by atoms with van der Waals surface area (Å²) in [6, 6.07) is 12.0. The number of hydrogen-bond donors (Lipinski definition) is 1. The molecule has 0 aliphatic heterocycles. The van der Waals surface area contributed by atoms with Gasteiger partial charge in [-0.25, -0.2) is 8.42 Å². The maximum atomic E-state index is 12.9. The Hall–Kier alpha value is -2.45. The van der Waals surface area contributed by atoms with Crippen molar-refractivity contribution in [1.82, 2.24) is 4.98 Å². The average molecular weight is 381 g/mol. The van der Waals surface area contributed by atoms with E-state index in [0.717, 1.165) is 24.3 Å². The molecule has 0 amide bonds.